The van der Waals surface area contributed by atoms with E-state index in [0.717, 1.165) is 25.8 Å². The number of carbonyl (C=O) groups is 2. The number of piperidine rings is 1. The quantitative estimate of drug-likeness (QED) is 0.671. The zero-order valence-electron chi connectivity index (χ0n) is 11.0. The van der Waals surface area contributed by atoms with Gasteiger partial charge in [-0.3, -0.25) is 9.63 Å². The van der Waals surface area contributed by atoms with Crippen LogP contribution in [0.4, 0.5) is 0 Å². The van der Waals surface area contributed by atoms with Crippen molar-refractivity contribution in [2.75, 3.05) is 20.8 Å². The van der Waals surface area contributed by atoms with Crippen LogP contribution in [0.2, 0.25) is 0 Å². The number of hydroxylamine groups is 2. The van der Waals surface area contributed by atoms with Gasteiger partial charge in [0.1, 0.15) is 5.92 Å². The van der Waals surface area contributed by atoms with Crippen LogP contribution in [0.3, 0.4) is 0 Å². The first-order valence-corrected chi connectivity index (χ1v) is 6.16. The van der Waals surface area contributed by atoms with E-state index >= 15 is 0 Å². The highest BCUT2D eigenvalue weighted by atomic mass is 16.7. The molecule has 2 saturated heterocycles. The number of nitrogens with zero attached hydrogens (tertiary/aromatic N) is 1. The van der Waals surface area contributed by atoms with Crippen LogP contribution in [0.25, 0.3) is 0 Å². The van der Waals surface area contributed by atoms with E-state index in [0.29, 0.717) is 0 Å². The second-order valence-corrected chi connectivity index (χ2v) is 4.89. The van der Waals surface area contributed by atoms with Gasteiger partial charge in [0.25, 0.3) is 0 Å². The lowest BCUT2D eigenvalue weighted by Crippen LogP contribution is -2.48. The highest BCUT2D eigenvalue weighted by Crippen LogP contribution is 2.42. The van der Waals surface area contributed by atoms with Gasteiger partial charge in [-0.25, -0.2) is 4.79 Å². The molecule has 0 bridgehead atoms. The van der Waals surface area contributed by atoms with E-state index in [1.807, 2.05) is 0 Å². The van der Waals surface area contributed by atoms with E-state index in [9.17, 15) is 9.59 Å². The van der Waals surface area contributed by atoms with E-state index in [2.05, 4.69) is 0 Å². The van der Waals surface area contributed by atoms with Crippen molar-refractivity contribution in [2.45, 2.75) is 37.8 Å². The van der Waals surface area contributed by atoms with E-state index in [1.165, 1.54) is 14.2 Å². The smallest absolute Gasteiger partial charge is 0.340 e. The predicted molar refractivity (Wildman–Crippen MR) is 61.4 cm³/mol. The molecule has 2 aliphatic rings. The van der Waals surface area contributed by atoms with E-state index in [4.69, 9.17) is 14.3 Å². The zero-order valence-corrected chi connectivity index (χ0v) is 11.0. The molecule has 6 nitrogen and oxygen atoms in total. The first-order valence-electron chi connectivity index (χ1n) is 6.16. The summed E-state index contributed by atoms with van der Waals surface area (Å²) in [6.07, 6.45) is 2.85. The molecule has 2 heterocycles. The van der Waals surface area contributed by atoms with Gasteiger partial charge < -0.3 is 9.47 Å². The summed E-state index contributed by atoms with van der Waals surface area (Å²) < 4.78 is 9.59. The van der Waals surface area contributed by atoms with Gasteiger partial charge in [0, 0.05) is 6.54 Å². The molecule has 0 spiro atoms. The molecule has 0 amide bonds. The summed E-state index contributed by atoms with van der Waals surface area (Å²) in [4.78, 5) is 29.6. The highest BCUT2D eigenvalue weighted by Gasteiger charge is 2.61. The van der Waals surface area contributed by atoms with Gasteiger partial charge in [-0.05, 0) is 19.8 Å². The Morgan fingerprint density at radius 2 is 2.00 bits per heavy atom. The Morgan fingerprint density at radius 1 is 1.28 bits per heavy atom. The van der Waals surface area contributed by atoms with Gasteiger partial charge >= 0.3 is 11.9 Å². The number of rotatable bonds is 2. The van der Waals surface area contributed by atoms with Crippen molar-refractivity contribution in [3.05, 3.63) is 0 Å². The van der Waals surface area contributed by atoms with Crippen molar-refractivity contribution in [2.24, 2.45) is 5.92 Å². The van der Waals surface area contributed by atoms with Gasteiger partial charge in [0.2, 0.25) is 0 Å². The maximum absolute atomic E-state index is 12.0. The molecule has 2 aliphatic heterocycles. The van der Waals surface area contributed by atoms with Gasteiger partial charge in [0.15, 0.2) is 5.60 Å². The minimum absolute atomic E-state index is 0.102. The van der Waals surface area contributed by atoms with Gasteiger partial charge in [-0.2, -0.15) is 5.06 Å². The topological polar surface area (TPSA) is 65.1 Å². The fourth-order valence-electron chi connectivity index (χ4n) is 2.92. The Balaban J connectivity index is 2.33. The lowest BCUT2D eigenvalue weighted by atomic mass is 9.81. The van der Waals surface area contributed by atoms with Crippen LogP contribution in [-0.2, 0) is 23.9 Å². The lowest BCUT2D eigenvalue weighted by molar-refractivity contribution is -0.221. The SMILES string of the molecule is COC(=O)[C@@H]1[C@H]2CCCCN2O[C@@]1(C)C(=O)OC. The molecule has 0 unspecified atom stereocenters. The number of carbonyl (C=O) groups excluding carboxylic acids is 2. The van der Waals surface area contributed by atoms with Crippen LogP contribution in [0.15, 0.2) is 0 Å². The summed E-state index contributed by atoms with van der Waals surface area (Å²) in [6.45, 7) is 2.32. The molecule has 2 rings (SSSR count). The van der Waals surface area contributed by atoms with Crippen molar-refractivity contribution in [1.82, 2.24) is 5.06 Å². The molecule has 18 heavy (non-hydrogen) atoms. The maximum atomic E-state index is 12.0. The minimum Gasteiger partial charge on any atom is -0.469 e. The summed E-state index contributed by atoms with van der Waals surface area (Å²) in [7, 11) is 2.62. The normalized spacial score (nSPS) is 35.9. The third-order valence-electron chi connectivity index (χ3n) is 3.83. The van der Waals surface area contributed by atoms with Crippen molar-refractivity contribution in [1.29, 1.82) is 0 Å². The molecule has 2 fully saturated rings. The molecule has 0 aromatic carbocycles. The standard InChI is InChI=1S/C12H19NO5/c1-12(11(15)17-3)9(10(14)16-2)8-6-4-5-7-13(8)18-12/h8-9H,4-7H2,1-3H3/t8-,9+,12-/m1/s1. The molecule has 0 aromatic heterocycles. The second-order valence-electron chi connectivity index (χ2n) is 4.89. The Kier molecular flexibility index (Phi) is 3.59. The molecule has 0 N–H and O–H groups in total. The average molecular weight is 257 g/mol. The maximum Gasteiger partial charge on any atom is 0.340 e. The average Bonchev–Trinajstić information content (AvgIpc) is 2.70. The zero-order chi connectivity index (χ0) is 13.3. The molecule has 3 atom stereocenters. The highest BCUT2D eigenvalue weighted by molar-refractivity contribution is 5.88. The van der Waals surface area contributed by atoms with Crippen molar-refractivity contribution >= 4 is 11.9 Å². The monoisotopic (exact) mass is 257 g/mol. The number of hydrogen-bond donors (Lipinski definition) is 0. The number of fused-ring (bicyclic) bond motifs is 1. The molecule has 0 aliphatic carbocycles. The number of methoxy groups -OCH3 is 2. The number of hydrogen-bond acceptors (Lipinski definition) is 6. The van der Waals surface area contributed by atoms with Crippen molar-refractivity contribution in [3.8, 4) is 0 Å². The molecule has 0 saturated carbocycles. The van der Waals surface area contributed by atoms with Gasteiger partial charge in [-0.15, -0.1) is 0 Å². The van der Waals surface area contributed by atoms with E-state index in [-0.39, 0.29) is 6.04 Å². The Labute approximate surface area is 106 Å². The predicted octanol–water partition coefficient (Wildman–Crippen LogP) is 0.507. The first kappa shape index (κ1) is 13.3. The third-order valence-corrected chi connectivity index (χ3v) is 3.83. The number of esters is 2. The van der Waals surface area contributed by atoms with Crippen molar-refractivity contribution in [3.63, 3.8) is 0 Å². The second kappa shape index (κ2) is 4.85. The molecular weight excluding hydrogens is 238 g/mol. The summed E-state index contributed by atoms with van der Waals surface area (Å²) in [5, 5.41) is 1.74. The molecule has 102 valence electrons. The van der Waals surface area contributed by atoms with Crippen LogP contribution in [0.1, 0.15) is 26.2 Å². The van der Waals surface area contributed by atoms with E-state index in [1.54, 1.807) is 12.0 Å². The first-order chi connectivity index (χ1) is 8.54. The van der Waals surface area contributed by atoms with Gasteiger partial charge in [-0.1, -0.05) is 6.42 Å². The molecule has 0 aromatic rings. The Morgan fingerprint density at radius 3 is 2.61 bits per heavy atom. The largest absolute Gasteiger partial charge is 0.469 e. The molecule has 6 heteroatoms. The Hall–Kier alpha value is -1.14. The lowest BCUT2D eigenvalue weighted by Gasteiger charge is -2.28. The summed E-state index contributed by atoms with van der Waals surface area (Å²) in [5.41, 5.74) is -1.28. The minimum atomic E-state index is -1.28. The van der Waals surface area contributed by atoms with Crippen molar-refractivity contribution < 1.29 is 23.9 Å². The third kappa shape index (κ3) is 1.89. The fourth-order valence-corrected chi connectivity index (χ4v) is 2.92. The number of ether oxygens (including phenoxy) is 2. The molecule has 0 radical (unpaired) electrons. The van der Waals surface area contributed by atoms with Gasteiger partial charge in [0.05, 0.1) is 20.3 Å². The molecular formula is C12H19NO5. The fraction of sp³-hybridized carbons (Fsp3) is 0.833. The van der Waals surface area contributed by atoms with Crippen LogP contribution in [-0.4, -0.2) is 49.4 Å². The summed E-state index contributed by atoms with van der Waals surface area (Å²) >= 11 is 0. The Bertz CT molecular complexity index is 358. The van der Waals surface area contributed by atoms with Crippen LogP contribution < -0.4 is 0 Å². The van der Waals surface area contributed by atoms with Crippen LogP contribution >= 0.6 is 0 Å². The van der Waals surface area contributed by atoms with Crippen LogP contribution in [0.5, 0.6) is 0 Å². The summed E-state index contributed by atoms with van der Waals surface area (Å²) in [6, 6.07) is -0.102. The van der Waals surface area contributed by atoms with E-state index < -0.39 is 23.5 Å². The summed E-state index contributed by atoms with van der Waals surface area (Å²) in [5.74, 6) is -1.58. The van der Waals surface area contributed by atoms with Crippen LogP contribution in [0, 0.1) is 5.92 Å².